The van der Waals surface area contributed by atoms with Crippen LogP contribution in [0.4, 0.5) is 0 Å². The normalized spacial score (nSPS) is 8.00. The van der Waals surface area contributed by atoms with E-state index >= 15 is 0 Å². The number of nitrogens with one attached hydrogen (secondary N) is 1. The van der Waals surface area contributed by atoms with Gasteiger partial charge in [-0.05, 0) is 0 Å². The van der Waals surface area contributed by atoms with Gasteiger partial charge in [0, 0.05) is 0 Å². The van der Waals surface area contributed by atoms with Gasteiger partial charge in [0.05, 0.1) is 0 Å². The van der Waals surface area contributed by atoms with Gasteiger partial charge in [0.1, 0.15) is 0 Å². The van der Waals surface area contributed by atoms with E-state index in [0.29, 0.717) is 0 Å². The minimum absolute atomic E-state index is 0.0532. The van der Waals surface area contributed by atoms with Gasteiger partial charge in [-0.15, -0.1) is 0 Å². The molecule has 1 heterocycles. The van der Waals surface area contributed by atoms with E-state index < -0.39 is 0 Å². The number of H-pyrrole nitrogens is 1. The summed E-state index contributed by atoms with van der Waals surface area (Å²) in [5.74, 6) is 1.77. The summed E-state index contributed by atoms with van der Waals surface area (Å²) in [5.41, 5.74) is -0.0532. The molecule has 0 aromatic carbocycles. The third kappa shape index (κ3) is 0.997. The predicted octanol–water partition coefficient (Wildman–Crippen LogP) is -0.287. The van der Waals surface area contributed by atoms with Crippen LogP contribution in [0.3, 0.4) is 0 Å². The second kappa shape index (κ2) is 1.73. The molecule has 1 aromatic heterocycles. The Kier molecular flexibility index (Phi) is 1.07. The van der Waals surface area contributed by atoms with Gasteiger partial charge in [0.2, 0.25) is 0 Å². The van der Waals surface area contributed by atoms with Crippen molar-refractivity contribution >= 4 is 7.05 Å². The summed E-state index contributed by atoms with van der Waals surface area (Å²) in [6, 6.07) is 3.17. The average molecular weight is 92.9 g/mol. The van der Waals surface area contributed by atoms with Crippen molar-refractivity contribution in [2.24, 2.45) is 0 Å². The molecule has 0 aliphatic rings. The molecule has 0 aliphatic heterocycles. The number of hydrogen-bond acceptors (Lipinski definition) is 1. The summed E-state index contributed by atoms with van der Waals surface area (Å²) in [7, 11) is 1.60. The SMILES string of the molecule is O=c1cccb[nH]1. The van der Waals surface area contributed by atoms with E-state index in [4.69, 9.17) is 0 Å². The molecule has 0 saturated heterocycles. The van der Waals surface area contributed by atoms with Gasteiger partial charge >= 0.3 is 40.4 Å². The van der Waals surface area contributed by atoms with Crippen molar-refractivity contribution < 1.29 is 0 Å². The molecule has 1 rings (SSSR count). The fourth-order valence-electron chi connectivity index (χ4n) is 0.377. The van der Waals surface area contributed by atoms with Gasteiger partial charge in [-0.3, -0.25) is 0 Å². The molecule has 34 valence electrons. The Balaban J connectivity index is 3.28. The van der Waals surface area contributed by atoms with Crippen molar-refractivity contribution in [1.82, 2.24) is 4.89 Å². The first-order valence-corrected chi connectivity index (χ1v) is 2.03. The quantitative estimate of drug-likeness (QED) is 0.469. The summed E-state index contributed by atoms with van der Waals surface area (Å²) in [6.45, 7) is 0. The first kappa shape index (κ1) is 4.31. The maximum atomic E-state index is 10.2. The van der Waals surface area contributed by atoms with E-state index in [2.05, 4.69) is 4.89 Å². The summed E-state index contributed by atoms with van der Waals surface area (Å²) in [4.78, 5) is 12.7. The van der Waals surface area contributed by atoms with E-state index in [9.17, 15) is 4.79 Å². The van der Waals surface area contributed by atoms with Crippen molar-refractivity contribution in [3.8, 4) is 0 Å². The second-order valence-electron chi connectivity index (χ2n) is 1.23. The van der Waals surface area contributed by atoms with Crippen LogP contribution in [-0.4, -0.2) is 11.9 Å². The van der Waals surface area contributed by atoms with Crippen LogP contribution in [0.15, 0.2) is 22.9 Å². The molecule has 2 nitrogen and oxygen atoms in total. The van der Waals surface area contributed by atoms with Crippen LogP contribution >= 0.6 is 0 Å². The van der Waals surface area contributed by atoms with Gasteiger partial charge in [-0.2, -0.15) is 0 Å². The molecule has 0 radical (unpaired) electrons. The van der Waals surface area contributed by atoms with Crippen LogP contribution in [0.1, 0.15) is 0 Å². The van der Waals surface area contributed by atoms with Gasteiger partial charge in [0.15, 0.2) is 0 Å². The Morgan fingerprint density at radius 2 is 2.57 bits per heavy atom. The molecule has 0 aliphatic carbocycles. The number of rotatable bonds is 0. The predicted molar refractivity (Wildman–Crippen MR) is 28.4 cm³/mol. The van der Waals surface area contributed by atoms with Crippen molar-refractivity contribution in [2.75, 3.05) is 0 Å². The topological polar surface area (TPSA) is 32.9 Å². The van der Waals surface area contributed by atoms with E-state index in [1.807, 2.05) is 0 Å². The zero-order valence-electron chi connectivity index (χ0n) is 3.72. The third-order valence-electron chi connectivity index (χ3n) is 0.681. The standard InChI is InChI=1S/C4H4BNO/c7-4-2-1-3-5-6-4/h1-3H,(H,6,7). The first-order valence-electron chi connectivity index (χ1n) is 2.03. The van der Waals surface area contributed by atoms with Crippen LogP contribution in [0, 0.1) is 0 Å². The summed E-state index contributed by atoms with van der Waals surface area (Å²) in [5, 5.41) is 0. The van der Waals surface area contributed by atoms with Crippen LogP contribution in [-0.2, 0) is 0 Å². The Morgan fingerprint density at radius 1 is 1.71 bits per heavy atom. The Labute approximate surface area is 41.4 Å². The Bertz CT molecular complexity index is 177. The Hall–Kier alpha value is -0.855. The fourth-order valence-corrected chi connectivity index (χ4v) is 0.377. The molecule has 0 spiro atoms. The molecule has 0 atom stereocenters. The van der Waals surface area contributed by atoms with E-state index in [1.54, 1.807) is 19.1 Å². The third-order valence-corrected chi connectivity index (χ3v) is 0.681. The van der Waals surface area contributed by atoms with Gasteiger partial charge in [-0.25, -0.2) is 0 Å². The number of hydrogen-bond donors (Lipinski definition) is 1. The van der Waals surface area contributed by atoms with Crippen molar-refractivity contribution in [3.05, 3.63) is 28.4 Å². The van der Waals surface area contributed by atoms with Crippen LogP contribution < -0.4 is 5.56 Å². The van der Waals surface area contributed by atoms with Gasteiger partial charge < -0.3 is 0 Å². The van der Waals surface area contributed by atoms with E-state index in [-0.39, 0.29) is 5.56 Å². The molecule has 0 fully saturated rings. The average Bonchev–Trinajstić information content (AvgIpc) is 1.69. The van der Waals surface area contributed by atoms with Gasteiger partial charge in [-0.1, -0.05) is 0 Å². The zero-order chi connectivity index (χ0) is 5.11. The molecule has 7 heavy (non-hydrogen) atoms. The number of aromatic amines is 1. The molecule has 0 saturated carbocycles. The summed E-state index contributed by atoms with van der Waals surface area (Å²) >= 11 is 0. The molecule has 1 aromatic rings. The molecular weight excluding hydrogens is 88.9 g/mol. The summed E-state index contributed by atoms with van der Waals surface area (Å²) < 4.78 is 0. The van der Waals surface area contributed by atoms with E-state index in [0.717, 1.165) is 0 Å². The van der Waals surface area contributed by atoms with Crippen LogP contribution in [0.5, 0.6) is 0 Å². The summed E-state index contributed by atoms with van der Waals surface area (Å²) in [6.07, 6.45) is 0. The van der Waals surface area contributed by atoms with Gasteiger partial charge in [0.25, 0.3) is 0 Å². The van der Waals surface area contributed by atoms with Crippen molar-refractivity contribution in [1.29, 1.82) is 0 Å². The monoisotopic (exact) mass is 93.0 g/mol. The molecule has 0 unspecified atom stereocenters. The van der Waals surface area contributed by atoms with Crippen molar-refractivity contribution in [2.45, 2.75) is 0 Å². The van der Waals surface area contributed by atoms with Crippen LogP contribution in [0.25, 0.3) is 0 Å². The first-order chi connectivity index (χ1) is 3.39. The van der Waals surface area contributed by atoms with Crippen LogP contribution in [0.2, 0.25) is 0 Å². The second-order valence-corrected chi connectivity index (χ2v) is 1.23. The molecule has 3 heteroatoms. The maximum absolute atomic E-state index is 10.2. The van der Waals surface area contributed by atoms with E-state index in [1.165, 1.54) is 6.07 Å². The number of aromatic nitrogens is 1. The van der Waals surface area contributed by atoms with Crippen molar-refractivity contribution in [3.63, 3.8) is 0 Å². The minimum atomic E-state index is -0.0532. The molecule has 0 amide bonds. The fraction of sp³-hybridized carbons (Fsp3) is 0. The Morgan fingerprint density at radius 3 is 2.86 bits per heavy atom. The molecule has 0 bridgehead atoms. The molecular formula is C4H4BNO. The zero-order valence-corrected chi connectivity index (χ0v) is 3.72. The molecule has 1 N–H and O–H groups in total.